The van der Waals surface area contributed by atoms with E-state index in [1.807, 2.05) is 24.3 Å². The molecule has 7 nitrogen and oxygen atoms in total. The third kappa shape index (κ3) is 3.35. The van der Waals surface area contributed by atoms with Crippen molar-refractivity contribution < 1.29 is 28.5 Å². The summed E-state index contributed by atoms with van der Waals surface area (Å²) in [6, 6.07) is 13.2. The van der Waals surface area contributed by atoms with Crippen LogP contribution in [0, 0.1) is 0 Å². The molecule has 2 heterocycles. The number of carboxylic acids is 1. The van der Waals surface area contributed by atoms with Crippen molar-refractivity contribution in [1.82, 2.24) is 0 Å². The summed E-state index contributed by atoms with van der Waals surface area (Å²) in [7, 11) is 0. The molecule has 0 fully saturated rings. The van der Waals surface area contributed by atoms with Gasteiger partial charge >= 0.3 is 5.97 Å². The molecule has 3 N–H and O–H groups in total. The predicted octanol–water partition coefficient (Wildman–Crippen LogP) is 4.03. The number of hydrogen-bond donors (Lipinski definition) is 3. The van der Waals surface area contributed by atoms with Gasteiger partial charge in [-0.15, -0.1) is 11.3 Å². The van der Waals surface area contributed by atoms with Gasteiger partial charge in [0.1, 0.15) is 22.1 Å². The Morgan fingerprint density at radius 2 is 1.96 bits per heavy atom. The average Bonchev–Trinajstić information content (AvgIpc) is 3.30. The molecule has 1 unspecified atom stereocenters. The number of aromatic hydroxyl groups is 1. The summed E-state index contributed by atoms with van der Waals surface area (Å²) in [6.07, 6.45) is 0.851. The third-order valence-electron chi connectivity index (χ3n) is 4.37. The highest BCUT2D eigenvalue weighted by Crippen LogP contribution is 2.40. The van der Waals surface area contributed by atoms with Crippen LogP contribution in [0.5, 0.6) is 11.5 Å². The molecule has 2 aromatic carbocycles. The molecule has 1 atom stereocenters. The first kappa shape index (κ1) is 18.5. The number of ether oxygens (including phenoxy) is 1. The van der Waals surface area contributed by atoms with Crippen molar-refractivity contribution in [2.75, 3.05) is 10.9 Å². The fraction of sp³-hybridized carbons (Fsp3) is 0.105. The van der Waals surface area contributed by atoms with Crippen LogP contribution in [0.2, 0.25) is 0 Å². The lowest BCUT2D eigenvalue weighted by atomic mass is 10.1. The maximum atomic E-state index is 12.0. The largest absolute Gasteiger partial charge is 0.507 e. The van der Waals surface area contributed by atoms with Crippen LogP contribution in [-0.2, 0) is 17.7 Å². The molecule has 0 saturated heterocycles. The Kier molecular flexibility index (Phi) is 4.80. The molecule has 3 aromatic rings. The van der Waals surface area contributed by atoms with E-state index in [0.717, 1.165) is 38.5 Å². The van der Waals surface area contributed by atoms with Crippen LogP contribution in [0.3, 0.4) is 0 Å². The van der Waals surface area contributed by atoms with Gasteiger partial charge < -0.3 is 14.9 Å². The Morgan fingerprint density at radius 1 is 1.14 bits per heavy atom. The zero-order chi connectivity index (χ0) is 19.8. The van der Waals surface area contributed by atoms with Gasteiger partial charge in [-0.05, 0) is 53.6 Å². The Labute approximate surface area is 166 Å². The monoisotopic (exact) mass is 417 g/mol. The number of rotatable bonds is 5. The van der Waals surface area contributed by atoms with Gasteiger partial charge in [0.2, 0.25) is 0 Å². The molecule has 9 heteroatoms. The zero-order valence-electron chi connectivity index (χ0n) is 14.4. The third-order valence-corrected chi connectivity index (χ3v) is 6.32. The molecule has 0 aliphatic carbocycles. The van der Waals surface area contributed by atoms with E-state index in [4.69, 9.17) is 9.84 Å². The van der Waals surface area contributed by atoms with Crippen molar-refractivity contribution in [1.29, 1.82) is 0 Å². The SMILES string of the molecule is O=C(O)c1ccc(N(c2ccc(-c3ccc4c(c3)CCO4)s2)S(=O)O)cc1O. The predicted molar refractivity (Wildman–Crippen MR) is 107 cm³/mol. The zero-order valence-corrected chi connectivity index (χ0v) is 16.0. The van der Waals surface area contributed by atoms with E-state index >= 15 is 0 Å². The van der Waals surface area contributed by atoms with Crippen molar-refractivity contribution in [3.05, 3.63) is 59.7 Å². The molecular formula is C19H15NO6S2. The van der Waals surface area contributed by atoms with Crippen LogP contribution in [-0.4, -0.2) is 31.6 Å². The van der Waals surface area contributed by atoms with Crippen molar-refractivity contribution in [3.8, 4) is 21.9 Å². The number of hydrogen-bond acceptors (Lipinski definition) is 5. The smallest absolute Gasteiger partial charge is 0.339 e. The molecule has 28 heavy (non-hydrogen) atoms. The van der Waals surface area contributed by atoms with E-state index in [1.165, 1.54) is 23.5 Å². The minimum Gasteiger partial charge on any atom is -0.507 e. The summed E-state index contributed by atoms with van der Waals surface area (Å²) < 4.78 is 28.4. The maximum Gasteiger partial charge on any atom is 0.339 e. The first-order valence-electron chi connectivity index (χ1n) is 8.27. The number of aromatic carboxylic acids is 1. The van der Waals surface area contributed by atoms with Crippen LogP contribution >= 0.6 is 11.3 Å². The second-order valence-electron chi connectivity index (χ2n) is 6.09. The summed E-state index contributed by atoms with van der Waals surface area (Å²) in [5, 5.41) is 19.4. The van der Waals surface area contributed by atoms with Crippen LogP contribution in [0.4, 0.5) is 10.7 Å². The highest BCUT2D eigenvalue weighted by atomic mass is 32.2. The summed E-state index contributed by atoms with van der Waals surface area (Å²) >= 11 is -1.10. The van der Waals surface area contributed by atoms with Crippen LogP contribution in [0.1, 0.15) is 15.9 Å². The number of nitrogens with zero attached hydrogens (tertiary/aromatic N) is 1. The Balaban J connectivity index is 1.69. The quantitative estimate of drug-likeness (QED) is 0.541. The van der Waals surface area contributed by atoms with Gasteiger partial charge in [-0.3, -0.25) is 4.55 Å². The molecular weight excluding hydrogens is 402 g/mol. The second-order valence-corrected chi connectivity index (χ2v) is 7.98. The molecule has 0 radical (unpaired) electrons. The van der Waals surface area contributed by atoms with Crippen LogP contribution in [0.25, 0.3) is 10.4 Å². The van der Waals surface area contributed by atoms with Gasteiger partial charge in [-0.1, -0.05) is 0 Å². The average molecular weight is 417 g/mol. The fourth-order valence-electron chi connectivity index (χ4n) is 3.05. The number of carboxylic acid groups (broad SMARTS) is 1. The van der Waals surface area contributed by atoms with Gasteiger partial charge in [0.15, 0.2) is 0 Å². The number of phenols is 1. The lowest BCUT2D eigenvalue weighted by molar-refractivity contribution is 0.0694. The van der Waals surface area contributed by atoms with Crippen LogP contribution < -0.4 is 9.04 Å². The molecule has 0 bridgehead atoms. The second kappa shape index (κ2) is 7.27. The molecule has 0 amide bonds. The summed E-state index contributed by atoms with van der Waals surface area (Å²) in [5.41, 5.74) is 2.04. The van der Waals surface area contributed by atoms with Gasteiger partial charge in [0, 0.05) is 17.4 Å². The summed E-state index contributed by atoms with van der Waals surface area (Å²) in [4.78, 5) is 12.0. The number of fused-ring (bicyclic) bond motifs is 1. The van der Waals surface area contributed by atoms with E-state index in [9.17, 15) is 18.7 Å². The van der Waals surface area contributed by atoms with Gasteiger partial charge in [0.05, 0.1) is 12.3 Å². The minimum absolute atomic E-state index is 0.207. The first-order valence-corrected chi connectivity index (χ1v) is 10.2. The van der Waals surface area contributed by atoms with E-state index in [-0.39, 0.29) is 11.3 Å². The van der Waals surface area contributed by atoms with Gasteiger partial charge in [-0.2, -0.15) is 0 Å². The minimum atomic E-state index is -2.41. The van der Waals surface area contributed by atoms with E-state index in [2.05, 4.69) is 0 Å². The number of thiophene rings is 1. The topological polar surface area (TPSA) is 107 Å². The molecule has 1 aliphatic heterocycles. The Hall–Kier alpha value is -2.88. The lowest BCUT2D eigenvalue weighted by Gasteiger charge is -2.18. The number of anilines is 2. The van der Waals surface area contributed by atoms with Crippen molar-refractivity contribution in [3.63, 3.8) is 0 Å². The van der Waals surface area contributed by atoms with Gasteiger partial charge in [0.25, 0.3) is 11.3 Å². The molecule has 0 spiro atoms. The molecule has 4 rings (SSSR count). The molecule has 1 aliphatic rings. The van der Waals surface area contributed by atoms with E-state index in [0.29, 0.717) is 11.6 Å². The molecule has 0 saturated carbocycles. The molecule has 144 valence electrons. The van der Waals surface area contributed by atoms with Crippen molar-refractivity contribution in [2.24, 2.45) is 0 Å². The number of carbonyl (C=O) groups is 1. The highest BCUT2D eigenvalue weighted by molar-refractivity contribution is 7.81. The Bertz CT molecular complexity index is 1090. The molecule has 1 aromatic heterocycles. The Morgan fingerprint density at radius 3 is 2.68 bits per heavy atom. The summed E-state index contributed by atoms with van der Waals surface area (Å²) in [5.74, 6) is -0.872. The van der Waals surface area contributed by atoms with E-state index in [1.54, 1.807) is 6.07 Å². The van der Waals surface area contributed by atoms with Gasteiger partial charge in [-0.25, -0.2) is 13.3 Å². The van der Waals surface area contributed by atoms with Crippen LogP contribution in [0.15, 0.2) is 48.5 Å². The maximum absolute atomic E-state index is 12.0. The summed E-state index contributed by atoms with van der Waals surface area (Å²) in [6.45, 7) is 0.668. The normalized spacial score (nSPS) is 13.6. The number of benzene rings is 2. The first-order chi connectivity index (χ1) is 13.4. The fourth-order valence-corrected chi connectivity index (χ4v) is 4.80. The highest BCUT2D eigenvalue weighted by Gasteiger charge is 2.21. The van der Waals surface area contributed by atoms with Crippen molar-refractivity contribution in [2.45, 2.75) is 6.42 Å². The van der Waals surface area contributed by atoms with E-state index < -0.39 is 23.0 Å². The standard InChI is InChI=1S/C19H15NO6S2/c21-15-10-13(2-3-14(15)19(22)23)20(28(24)25)18-6-5-17(27-18)12-1-4-16-11(9-12)7-8-26-16/h1-6,9-10,21H,7-8H2,(H,22,23)(H,24,25). The van der Waals surface area contributed by atoms with Crippen molar-refractivity contribution >= 4 is 39.3 Å². The lowest BCUT2D eigenvalue weighted by Crippen LogP contribution is -2.18.